The number of hydrogen-bond acceptors (Lipinski definition) is 7. The zero-order valence-corrected chi connectivity index (χ0v) is 19.2. The van der Waals surface area contributed by atoms with E-state index in [9.17, 15) is 14.4 Å². The highest BCUT2D eigenvalue weighted by Crippen LogP contribution is 2.45. The lowest BCUT2D eigenvalue weighted by atomic mass is 9.86. The number of methoxy groups -OCH3 is 2. The average molecular weight is 446 g/mol. The number of thiophene rings is 1. The molecule has 0 fully saturated rings. The van der Waals surface area contributed by atoms with Crippen molar-refractivity contribution in [3.8, 4) is 5.75 Å². The number of aryl methyl sites for hydroxylation is 1. The summed E-state index contributed by atoms with van der Waals surface area (Å²) < 4.78 is 15.6. The molecule has 1 heterocycles. The summed E-state index contributed by atoms with van der Waals surface area (Å²) >= 11 is 1.29. The Morgan fingerprint density at radius 2 is 1.84 bits per heavy atom. The number of para-hydroxylation sites is 1. The maximum absolute atomic E-state index is 12.6. The van der Waals surface area contributed by atoms with Gasteiger partial charge in [0.05, 0.1) is 25.7 Å². The van der Waals surface area contributed by atoms with Crippen molar-refractivity contribution in [3.05, 3.63) is 45.8 Å². The lowest BCUT2D eigenvalue weighted by molar-refractivity contribution is -0.142. The molecule has 31 heavy (non-hydrogen) atoms. The third-order valence-corrected chi connectivity index (χ3v) is 6.39. The van der Waals surface area contributed by atoms with Gasteiger partial charge < -0.3 is 19.5 Å². The van der Waals surface area contributed by atoms with Crippen molar-refractivity contribution in [1.29, 1.82) is 0 Å². The molecule has 0 unspecified atom stereocenters. The van der Waals surface area contributed by atoms with E-state index >= 15 is 0 Å². The Morgan fingerprint density at radius 1 is 1.13 bits per heavy atom. The number of hydrogen-bond donors (Lipinski definition) is 1. The lowest BCUT2D eigenvalue weighted by Gasteiger charge is -2.22. The summed E-state index contributed by atoms with van der Waals surface area (Å²) in [5.41, 5.74) is 1.67. The topological polar surface area (TPSA) is 90.9 Å². The van der Waals surface area contributed by atoms with Crippen LogP contribution in [-0.4, -0.2) is 38.7 Å². The van der Waals surface area contributed by atoms with Crippen LogP contribution in [-0.2, 0) is 30.9 Å². The van der Waals surface area contributed by atoms with Crippen LogP contribution in [0.1, 0.15) is 59.5 Å². The summed E-state index contributed by atoms with van der Waals surface area (Å²) in [5.74, 6) is -1.30. The maximum Gasteiger partial charge on any atom is 0.341 e. The van der Waals surface area contributed by atoms with Gasteiger partial charge in [-0.1, -0.05) is 39.0 Å². The highest BCUT2D eigenvalue weighted by atomic mass is 32.1. The van der Waals surface area contributed by atoms with Gasteiger partial charge >= 0.3 is 11.9 Å². The van der Waals surface area contributed by atoms with E-state index in [0.717, 1.165) is 10.4 Å². The molecule has 1 N–H and O–H groups in total. The molecule has 0 saturated carbocycles. The number of fused-ring (bicyclic) bond motifs is 1. The van der Waals surface area contributed by atoms with Gasteiger partial charge in [-0.05, 0) is 35.4 Å². The van der Waals surface area contributed by atoms with Gasteiger partial charge in [0, 0.05) is 4.88 Å². The van der Waals surface area contributed by atoms with Crippen molar-refractivity contribution in [2.24, 2.45) is 0 Å². The zero-order valence-electron chi connectivity index (χ0n) is 18.4. The predicted octanol–water partition coefficient (Wildman–Crippen LogP) is 4.05. The summed E-state index contributed by atoms with van der Waals surface area (Å²) in [5, 5.41) is 3.13. The van der Waals surface area contributed by atoms with E-state index in [2.05, 4.69) is 26.1 Å². The molecule has 1 aromatic heterocycles. The molecule has 0 saturated heterocycles. The standard InChI is InChI=1S/C23H27NO6S/c1-23(2,3)14-8-6-7-9-15(14)30-12-17(25)24-20-19(22(27)29-5)18-13(21(26)28-4)10-11-16(18)31-20/h6-9,13H,10-12H2,1-5H3,(H,24,25)/t13-/m1/s1. The van der Waals surface area contributed by atoms with E-state index < -0.39 is 23.8 Å². The van der Waals surface area contributed by atoms with Crippen molar-refractivity contribution < 1.29 is 28.6 Å². The summed E-state index contributed by atoms with van der Waals surface area (Å²) in [7, 11) is 2.59. The Kier molecular flexibility index (Phi) is 6.69. The molecule has 1 aromatic carbocycles. The van der Waals surface area contributed by atoms with Crippen LogP contribution in [0, 0.1) is 0 Å². The molecule has 1 aliphatic carbocycles. The number of esters is 2. The second kappa shape index (κ2) is 9.09. The van der Waals surface area contributed by atoms with Crippen molar-refractivity contribution in [3.63, 3.8) is 0 Å². The van der Waals surface area contributed by atoms with E-state index in [0.29, 0.717) is 29.2 Å². The minimum Gasteiger partial charge on any atom is -0.483 e. The third-order valence-electron chi connectivity index (χ3n) is 5.21. The first-order chi connectivity index (χ1) is 14.7. The summed E-state index contributed by atoms with van der Waals surface area (Å²) in [4.78, 5) is 38.2. The molecular formula is C23H27NO6S. The number of ether oxygens (including phenoxy) is 3. The SMILES string of the molecule is COC(=O)c1c(NC(=O)COc2ccccc2C(C)(C)C)sc2c1[C@H](C(=O)OC)CC2. The Balaban J connectivity index is 1.80. The first-order valence-electron chi connectivity index (χ1n) is 10.0. The summed E-state index contributed by atoms with van der Waals surface area (Å²) in [6.07, 6.45) is 1.20. The van der Waals surface area contributed by atoms with Gasteiger partial charge in [0.15, 0.2) is 6.61 Å². The maximum atomic E-state index is 12.6. The van der Waals surface area contributed by atoms with Crippen LogP contribution in [0.4, 0.5) is 5.00 Å². The monoisotopic (exact) mass is 445 g/mol. The van der Waals surface area contributed by atoms with Crippen LogP contribution in [0.3, 0.4) is 0 Å². The van der Waals surface area contributed by atoms with Crippen molar-refractivity contribution in [2.75, 3.05) is 26.1 Å². The van der Waals surface area contributed by atoms with Crippen LogP contribution in [0.15, 0.2) is 24.3 Å². The normalized spacial score (nSPS) is 15.2. The molecule has 7 nitrogen and oxygen atoms in total. The van der Waals surface area contributed by atoms with Gasteiger partial charge in [-0.15, -0.1) is 11.3 Å². The minimum atomic E-state index is -0.595. The first-order valence-corrected chi connectivity index (χ1v) is 10.8. The number of benzene rings is 1. The fraction of sp³-hybridized carbons (Fsp3) is 0.435. The molecule has 0 spiro atoms. The molecule has 0 radical (unpaired) electrons. The minimum absolute atomic E-state index is 0.136. The molecule has 0 bridgehead atoms. The van der Waals surface area contributed by atoms with Crippen molar-refractivity contribution >= 4 is 34.2 Å². The second-order valence-corrected chi connectivity index (χ2v) is 9.44. The van der Waals surface area contributed by atoms with Crippen LogP contribution in [0.2, 0.25) is 0 Å². The molecule has 166 valence electrons. The quantitative estimate of drug-likeness (QED) is 0.675. The smallest absolute Gasteiger partial charge is 0.341 e. The molecule has 3 rings (SSSR count). The zero-order chi connectivity index (χ0) is 22.8. The first kappa shape index (κ1) is 22.8. The number of amides is 1. The van der Waals surface area contributed by atoms with Gasteiger partial charge in [-0.25, -0.2) is 4.79 Å². The Morgan fingerprint density at radius 3 is 2.48 bits per heavy atom. The number of rotatable bonds is 6. The van der Waals surface area contributed by atoms with E-state index in [1.165, 1.54) is 25.6 Å². The molecule has 0 aliphatic heterocycles. The molecule has 8 heteroatoms. The van der Waals surface area contributed by atoms with Gasteiger partial charge in [0.25, 0.3) is 5.91 Å². The highest BCUT2D eigenvalue weighted by molar-refractivity contribution is 7.17. The van der Waals surface area contributed by atoms with E-state index in [4.69, 9.17) is 14.2 Å². The average Bonchev–Trinajstić information content (AvgIpc) is 3.29. The van der Waals surface area contributed by atoms with Gasteiger partial charge in [0.1, 0.15) is 10.8 Å². The molecular weight excluding hydrogens is 418 g/mol. The fourth-order valence-electron chi connectivity index (χ4n) is 3.75. The number of anilines is 1. The lowest BCUT2D eigenvalue weighted by Crippen LogP contribution is -2.23. The third kappa shape index (κ3) is 4.74. The van der Waals surface area contributed by atoms with Gasteiger partial charge in [-0.2, -0.15) is 0 Å². The van der Waals surface area contributed by atoms with Crippen LogP contribution in [0.5, 0.6) is 5.75 Å². The van der Waals surface area contributed by atoms with Crippen molar-refractivity contribution in [1.82, 2.24) is 0 Å². The van der Waals surface area contributed by atoms with Crippen molar-refractivity contribution in [2.45, 2.75) is 44.9 Å². The Bertz CT molecular complexity index is 1000. The Hall–Kier alpha value is -2.87. The largest absolute Gasteiger partial charge is 0.483 e. The molecule has 2 aromatic rings. The van der Waals surface area contributed by atoms with Gasteiger partial charge in [0.2, 0.25) is 0 Å². The van der Waals surface area contributed by atoms with Crippen LogP contribution < -0.4 is 10.1 Å². The summed E-state index contributed by atoms with van der Waals surface area (Å²) in [6.45, 7) is 6.01. The fourth-order valence-corrected chi connectivity index (χ4v) is 5.03. The highest BCUT2D eigenvalue weighted by Gasteiger charge is 2.38. The molecule has 1 amide bonds. The van der Waals surface area contributed by atoms with Crippen LogP contribution >= 0.6 is 11.3 Å². The summed E-state index contributed by atoms with van der Waals surface area (Å²) in [6, 6.07) is 7.59. The second-order valence-electron chi connectivity index (χ2n) is 8.33. The van der Waals surface area contributed by atoms with E-state index in [1.807, 2.05) is 24.3 Å². The number of carbonyl (C=O) groups excluding carboxylic acids is 3. The predicted molar refractivity (Wildman–Crippen MR) is 118 cm³/mol. The van der Waals surface area contributed by atoms with E-state index in [1.54, 1.807) is 0 Å². The van der Waals surface area contributed by atoms with Gasteiger partial charge in [-0.3, -0.25) is 9.59 Å². The molecule has 1 atom stereocenters. The number of carbonyl (C=O) groups is 3. The van der Waals surface area contributed by atoms with E-state index in [-0.39, 0.29) is 17.6 Å². The molecule has 1 aliphatic rings. The Labute approximate surface area is 185 Å². The van der Waals surface area contributed by atoms with Crippen LogP contribution in [0.25, 0.3) is 0 Å². The number of nitrogens with one attached hydrogen (secondary N) is 1.